The molecule has 2 aromatic heterocycles. The molecule has 6 nitrogen and oxygen atoms in total. The molecule has 2 aliphatic rings. The lowest BCUT2D eigenvalue weighted by Gasteiger charge is -2.27. The molecule has 3 N–H and O–H groups in total. The minimum absolute atomic E-state index is 0.0418. The van der Waals surface area contributed by atoms with Gasteiger partial charge in [0.25, 0.3) is 11.6 Å². The third-order valence-corrected chi connectivity index (χ3v) is 5.39. The van der Waals surface area contributed by atoms with Crippen LogP contribution in [0.3, 0.4) is 0 Å². The Kier molecular flexibility index (Phi) is 4.23. The fraction of sp³-hybridized carbons (Fsp3) is 0.632. The molecular formula is C19H26N4O2. The van der Waals surface area contributed by atoms with Crippen LogP contribution in [-0.4, -0.2) is 28.1 Å². The van der Waals surface area contributed by atoms with Crippen molar-refractivity contribution in [3.63, 3.8) is 0 Å². The summed E-state index contributed by atoms with van der Waals surface area (Å²) in [7, 11) is 0. The molecule has 25 heavy (non-hydrogen) atoms. The van der Waals surface area contributed by atoms with Gasteiger partial charge in [-0.3, -0.25) is 4.79 Å². The van der Waals surface area contributed by atoms with Crippen LogP contribution in [0, 0.1) is 0 Å². The van der Waals surface area contributed by atoms with Gasteiger partial charge in [0.05, 0.1) is 16.6 Å². The first-order chi connectivity index (χ1) is 12.0. The first-order valence-corrected chi connectivity index (χ1v) is 9.39. The molecule has 2 aromatic rings. The minimum Gasteiger partial charge on any atom is -0.349 e. The third kappa shape index (κ3) is 3.27. The SMILES string of the molecule is CC(C)c1noc2nc(C3CC3)cc(C(=O)NC3CCC(N)CC3)c12. The normalized spacial score (nSPS) is 24.0. The molecular weight excluding hydrogens is 316 g/mol. The fourth-order valence-electron chi connectivity index (χ4n) is 3.68. The Hall–Kier alpha value is -1.95. The van der Waals surface area contributed by atoms with Gasteiger partial charge >= 0.3 is 0 Å². The maximum atomic E-state index is 13.0. The van der Waals surface area contributed by atoms with Crippen LogP contribution in [0.1, 0.15) is 86.0 Å². The molecule has 2 aliphatic carbocycles. The highest BCUT2D eigenvalue weighted by molar-refractivity contribution is 6.06. The van der Waals surface area contributed by atoms with Crippen molar-refractivity contribution in [3.8, 4) is 0 Å². The smallest absolute Gasteiger partial charge is 0.259 e. The zero-order valence-corrected chi connectivity index (χ0v) is 14.9. The molecule has 2 heterocycles. The average Bonchev–Trinajstić information content (AvgIpc) is 3.35. The predicted molar refractivity (Wildman–Crippen MR) is 95.6 cm³/mol. The summed E-state index contributed by atoms with van der Waals surface area (Å²) in [5.41, 5.74) is 8.88. The highest BCUT2D eigenvalue weighted by Crippen LogP contribution is 2.41. The summed E-state index contributed by atoms with van der Waals surface area (Å²) in [4.78, 5) is 17.7. The molecule has 0 spiro atoms. The number of rotatable bonds is 4. The van der Waals surface area contributed by atoms with Gasteiger partial charge < -0.3 is 15.6 Å². The molecule has 6 heteroatoms. The van der Waals surface area contributed by atoms with Crippen LogP contribution >= 0.6 is 0 Å². The van der Waals surface area contributed by atoms with Crippen LogP contribution < -0.4 is 11.1 Å². The molecule has 0 bridgehead atoms. The summed E-state index contributed by atoms with van der Waals surface area (Å²) < 4.78 is 5.47. The van der Waals surface area contributed by atoms with Crippen molar-refractivity contribution in [2.24, 2.45) is 5.73 Å². The monoisotopic (exact) mass is 342 g/mol. The van der Waals surface area contributed by atoms with Crippen molar-refractivity contribution in [3.05, 3.63) is 23.0 Å². The van der Waals surface area contributed by atoms with Crippen molar-refractivity contribution in [2.75, 3.05) is 0 Å². The van der Waals surface area contributed by atoms with E-state index in [1.807, 2.05) is 6.07 Å². The summed E-state index contributed by atoms with van der Waals surface area (Å²) in [5, 5.41) is 8.15. The van der Waals surface area contributed by atoms with Gasteiger partial charge in [-0.15, -0.1) is 0 Å². The molecule has 0 aromatic carbocycles. The Morgan fingerprint density at radius 2 is 1.96 bits per heavy atom. The Balaban J connectivity index is 1.68. The van der Waals surface area contributed by atoms with Gasteiger partial charge in [-0.25, -0.2) is 4.98 Å². The van der Waals surface area contributed by atoms with Gasteiger partial charge in [0, 0.05) is 23.7 Å². The van der Waals surface area contributed by atoms with E-state index in [1.165, 1.54) is 0 Å². The molecule has 0 saturated heterocycles. The summed E-state index contributed by atoms with van der Waals surface area (Å²) in [6, 6.07) is 2.42. The maximum absolute atomic E-state index is 13.0. The Labute approximate surface area is 147 Å². The molecule has 0 atom stereocenters. The van der Waals surface area contributed by atoms with E-state index in [0.717, 1.165) is 55.3 Å². The van der Waals surface area contributed by atoms with E-state index in [2.05, 4.69) is 29.3 Å². The number of pyridine rings is 1. The van der Waals surface area contributed by atoms with Gasteiger partial charge in [-0.1, -0.05) is 19.0 Å². The maximum Gasteiger partial charge on any atom is 0.259 e. The number of nitrogens with zero attached hydrogens (tertiary/aromatic N) is 2. The number of hydrogen-bond acceptors (Lipinski definition) is 5. The van der Waals surface area contributed by atoms with Crippen LogP contribution in [-0.2, 0) is 0 Å². The van der Waals surface area contributed by atoms with Crippen LogP contribution in [0.2, 0.25) is 0 Å². The number of carbonyl (C=O) groups is 1. The molecule has 0 radical (unpaired) electrons. The molecule has 1 amide bonds. The van der Waals surface area contributed by atoms with Crippen LogP contribution in [0.15, 0.2) is 10.6 Å². The van der Waals surface area contributed by atoms with Crippen molar-refractivity contribution in [1.82, 2.24) is 15.5 Å². The number of amides is 1. The Bertz CT molecular complexity index is 786. The van der Waals surface area contributed by atoms with Gasteiger partial charge in [0.15, 0.2) is 0 Å². The lowest BCUT2D eigenvalue weighted by Crippen LogP contribution is -2.40. The summed E-state index contributed by atoms with van der Waals surface area (Å²) in [6.07, 6.45) is 6.08. The highest BCUT2D eigenvalue weighted by atomic mass is 16.5. The van der Waals surface area contributed by atoms with E-state index in [-0.39, 0.29) is 23.9 Å². The zero-order valence-electron chi connectivity index (χ0n) is 14.9. The summed E-state index contributed by atoms with van der Waals surface area (Å²) in [6.45, 7) is 4.10. The third-order valence-electron chi connectivity index (χ3n) is 5.39. The number of hydrogen-bond donors (Lipinski definition) is 2. The first-order valence-electron chi connectivity index (χ1n) is 9.39. The quantitative estimate of drug-likeness (QED) is 0.889. The van der Waals surface area contributed by atoms with Crippen molar-refractivity contribution < 1.29 is 9.32 Å². The second-order valence-corrected chi connectivity index (χ2v) is 7.86. The van der Waals surface area contributed by atoms with Crippen LogP contribution in [0.4, 0.5) is 0 Å². The van der Waals surface area contributed by atoms with E-state index in [1.54, 1.807) is 0 Å². The number of aromatic nitrogens is 2. The molecule has 0 aliphatic heterocycles. The van der Waals surface area contributed by atoms with Crippen LogP contribution in [0.25, 0.3) is 11.1 Å². The topological polar surface area (TPSA) is 94.0 Å². The zero-order chi connectivity index (χ0) is 17.6. The first kappa shape index (κ1) is 16.5. The fourth-order valence-corrected chi connectivity index (χ4v) is 3.68. The molecule has 134 valence electrons. The minimum atomic E-state index is -0.0418. The van der Waals surface area contributed by atoms with Gasteiger partial charge in [-0.2, -0.15) is 0 Å². The molecule has 4 rings (SSSR count). The molecule has 2 saturated carbocycles. The lowest BCUT2D eigenvalue weighted by molar-refractivity contribution is 0.0927. The second kappa shape index (κ2) is 6.41. The van der Waals surface area contributed by atoms with E-state index in [9.17, 15) is 4.79 Å². The summed E-state index contributed by atoms with van der Waals surface area (Å²) in [5.74, 6) is 0.588. The van der Waals surface area contributed by atoms with Gasteiger partial charge in [-0.05, 0) is 50.5 Å². The standard InChI is InChI=1S/C19H26N4O2/c1-10(2)17-16-14(18(24)21-13-7-5-12(20)6-8-13)9-15(11-3-4-11)22-19(16)25-23-17/h9-13H,3-8,20H2,1-2H3,(H,21,24). The number of nitrogens with one attached hydrogen (secondary N) is 1. The second-order valence-electron chi connectivity index (χ2n) is 7.86. The molecule has 2 fully saturated rings. The van der Waals surface area contributed by atoms with E-state index < -0.39 is 0 Å². The van der Waals surface area contributed by atoms with Crippen molar-refractivity contribution in [1.29, 1.82) is 0 Å². The van der Waals surface area contributed by atoms with Gasteiger partial charge in [0.1, 0.15) is 0 Å². The average molecular weight is 342 g/mol. The van der Waals surface area contributed by atoms with Crippen LogP contribution in [0.5, 0.6) is 0 Å². The van der Waals surface area contributed by atoms with E-state index in [4.69, 9.17) is 10.3 Å². The van der Waals surface area contributed by atoms with E-state index >= 15 is 0 Å². The number of nitrogens with two attached hydrogens (primary N) is 1. The highest BCUT2D eigenvalue weighted by Gasteiger charge is 2.30. The van der Waals surface area contributed by atoms with Crippen molar-refractivity contribution >= 4 is 17.0 Å². The number of carbonyl (C=O) groups excluding carboxylic acids is 1. The Morgan fingerprint density at radius 3 is 2.60 bits per heavy atom. The van der Waals surface area contributed by atoms with Gasteiger partial charge in [0.2, 0.25) is 0 Å². The van der Waals surface area contributed by atoms with Crippen molar-refractivity contribution in [2.45, 2.75) is 76.3 Å². The number of fused-ring (bicyclic) bond motifs is 1. The summed E-state index contributed by atoms with van der Waals surface area (Å²) >= 11 is 0. The lowest BCUT2D eigenvalue weighted by atomic mass is 9.91. The van der Waals surface area contributed by atoms with E-state index in [0.29, 0.717) is 17.2 Å². The molecule has 0 unspecified atom stereocenters. The largest absolute Gasteiger partial charge is 0.349 e. The predicted octanol–water partition coefficient (Wildman–Crippen LogP) is 3.22. The Morgan fingerprint density at radius 1 is 1.24 bits per heavy atom.